The van der Waals surface area contributed by atoms with Crippen molar-refractivity contribution in [3.8, 4) is 0 Å². The number of carbonyl (C=O) groups excluding carboxylic acids is 2. The zero-order valence-corrected chi connectivity index (χ0v) is 12.4. The standard InChI is InChI=1S/C16H25NO2/c1-15(2)11-7-8-16(15,3)13(18)12(11)14(19)17-9-5-4-6-10-17/h11-12H,4-10H2,1-3H3/t11-,12-,16+/m0/s1. The highest BCUT2D eigenvalue weighted by atomic mass is 16.2. The molecule has 1 amide bonds. The van der Waals surface area contributed by atoms with Crippen LogP contribution < -0.4 is 0 Å². The van der Waals surface area contributed by atoms with Gasteiger partial charge in [0.05, 0.1) is 0 Å². The Morgan fingerprint density at radius 2 is 1.79 bits per heavy atom. The van der Waals surface area contributed by atoms with Crippen LogP contribution in [-0.2, 0) is 9.59 Å². The molecule has 2 aliphatic carbocycles. The van der Waals surface area contributed by atoms with Crippen LogP contribution in [0.25, 0.3) is 0 Å². The van der Waals surface area contributed by atoms with Crippen LogP contribution in [0.2, 0.25) is 0 Å². The molecule has 3 heteroatoms. The lowest BCUT2D eigenvalue weighted by atomic mass is 9.70. The monoisotopic (exact) mass is 263 g/mol. The third-order valence-electron chi connectivity index (χ3n) is 6.47. The van der Waals surface area contributed by atoms with E-state index in [2.05, 4.69) is 20.8 Å². The van der Waals surface area contributed by atoms with Crippen molar-refractivity contribution in [1.82, 2.24) is 4.90 Å². The average Bonchev–Trinajstić information content (AvgIpc) is 2.71. The minimum Gasteiger partial charge on any atom is -0.342 e. The molecular formula is C16H25NO2. The van der Waals surface area contributed by atoms with Gasteiger partial charge in [-0.15, -0.1) is 0 Å². The van der Waals surface area contributed by atoms with Crippen molar-refractivity contribution in [3.63, 3.8) is 0 Å². The van der Waals surface area contributed by atoms with Crippen molar-refractivity contribution < 1.29 is 9.59 Å². The number of carbonyl (C=O) groups is 2. The van der Waals surface area contributed by atoms with Crippen LogP contribution in [0.1, 0.15) is 52.9 Å². The first-order chi connectivity index (χ1) is 8.89. The molecule has 2 saturated carbocycles. The quantitative estimate of drug-likeness (QED) is 0.682. The Morgan fingerprint density at radius 1 is 1.16 bits per heavy atom. The average molecular weight is 263 g/mol. The molecule has 3 aliphatic rings. The summed E-state index contributed by atoms with van der Waals surface area (Å²) >= 11 is 0. The summed E-state index contributed by atoms with van der Waals surface area (Å²) < 4.78 is 0. The van der Waals surface area contributed by atoms with Gasteiger partial charge in [0.1, 0.15) is 5.92 Å². The van der Waals surface area contributed by atoms with Crippen LogP contribution in [0.5, 0.6) is 0 Å². The van der Waals surface area contributed by atoms with E-state index < -0.39 is 0 Å². The molecule has 0 aromatic heterocycles. The Bertz CT molecular complexity index is 422. The third kappa shape index (κ3) is 1.56. The van der Waals surface area contributed by atoms with E-state index in [-0.39, 0.29) is 34.4 Å². The molecule has 0 aromatic carbocycles. The zero-order chi connectivity index (χ0) is 13.8. The van der Waals surface area contributed by atoms with Crippen molar-refractivity contribution >= 4 is 11.7 Å². The van der Waals surface area contributed by atoms with Crippen molar-refractivity contribution in [2.24, 2.45) is 22.7 Å². The summed E-state index contributed by atoms with van der Waals surface area (Å²) in [5.41, 5.74) is -0.284. The molecule has 3 rings (SSSR count). The van der Waals surface area contributed by atoms with Gasteiger partial charge in [0.15, 0.2) is 5.78 Å². The van der Waals surface area contributed by atoms with Crippen LogP contribution in [0.15, 0.2) is 0 Å². The fraction of sp³-hybridized carbons (Fsp3) is 0.875. The van der Waals surface area contributed by atoms with E-state index in [9.17, 15) is 9.59 Å². The van der Waals surface area contributed by atoms with E-state index in [0.717, 1.165) is 38.8 Å². The van der Waals surface area contributed by atoms with E-state index in [1.807, 2.05) is 4.90 Å². The number of amides is 1. The molecule has 1 aliphatic heterocycles. The summed E-state index contributed by atoms with van der Waals surface area (Å²) in [7, 11) is 0. The second-order valence-electron chi connectivity index (χ2n) is 7.43. The topological polar surface area (TPSA) is 37.4 Å². The predicted octanol–water partition coefficient (Wildman–Crippen LogP) is 2.64. The molecule has 2 bridgehead atoms. The number of hydrogen-bond donors (Lipinski definition) is 0. The lowest BCUT2D eigenvalue weighted by Crippen LogP contribution is -2.45. The van der Waals surface area contributed by atoms with Crippen LogP contribution in [0, 0.1) is 22.7 Å². The second-order valence-corrected chi connectivity index (χ2v) is 7.43. The number of fused-ring (bicyclic) bond motifs is 2. The number of likely N-dealkylation sites (tertiary alicyclic amines) is 1. The number of piperidine rings is 1. The van der Waals surface area contributed by atoms with E-state index in [0.29, 0.717) is 0 Å². The van der Waals surface area contributed by atoms with Crippen molar-refractivity contribution in [2.45, 2.75) is 52.9 Å². The molecule has 0 aromatic rings. The fourth-order valence-corrected chi connectivity index (χ4v) is 4.68. The van der Waals surface area contributed by atoms with Gasteiger partial charge in [-0.3, -0.25) is 9.59 Å². The SMILES string of the molecule is CC1(C)[C@H]2CC[C@]1(C)C(=O)[C@H]2C(=O)N1CCCCC1. The number of nitrogens with zero attached hydrogens (tertiary/aromatic N) is 1. The summed E-state index contributed by atoms with van der Waals surface area (Å²) in [5, 5.41) is 0. The highest BCUT2D eigenvalue weighted by Crippen LogP contribution is 2.65. The summed E-state index contributed by atoms with van der Waals surface area (Å²) in [6.07, 6.45) is 5.41. The molecule has 1 saturated heterocycles. The number of ketones is 1. The summed E-state index contributed by atoms with van der Waals surface area (Å²) in [6.45, 7) is 8.16. The molecule has 0 radical (unpaired) electrons. The second kappa shape index (κ2) is 4.07. The molecule has 3 fully saturated rings. The Labute approximate surface area is 115 Å². The molecule has 106 valence electrons. The van der Waals surface area contributed by atoms with Crippen LogP contribution in [-0.4, -0.2) is 29.7 Å². The maximum atomic E-state index is 12.7. The summed E-state index contributed by atoms with van der Waals surface area (Å²) in [6, 6.07) is 0. The van der Waals surface area contributed by atoms with Crippen LogP contribution in [0.3, 0.4) is 0 Å². The molecular weight excluding hydrogens is 238 g/mol. The Balaban J connectivity index is 1.86. The summed E-state index contributed by atoms with van der Waals surface area (Å²) in [4.78, 5) is 27.4. The molecule has 3 atom stereocenters. The minimum atomic E-state index is -0.341. The maximum absolute atomic E-state index is 12.7. The summed E-state index contributed by atoms with van der Waals surface area (Å²) in [5.74, 6) is 0.279. The van der Waals surface area contributed by atoms with Gasteiger partial charge in [-0.2, -0.15) is 0 Å². The van der Waals surface area contributed by atoms with Crippen molar-refractivity contribution in [2.75, 3.05) is 13.1 Å². The first-order valence-electron chi connectivity index (χ1n) is 7.73. The molecule has 1 heterocycles. The number of hydrogen-bond acceptors (Lipinski definition) is 2. The normalized spacial score (nSPS) is 40.8. The van der Waals surface area contributed by atoms with Gasteiger partial charge in [0, 0.05) is 18.5 Å². The minimum absolute atomic E-state index is 0.0137. The maximum Gasteiger partial charge on any atom is 0.233 e. The third-order valence-corrected chi connectivity index (χ3v) is 6.47. The van der Waals surface area contributed by atoms with E-state index >= 15 is 0 Å². The van der Waals surface area contributed by atoms with Gasteiger partial charge in [-0.1, -0.05) is 20.8 Å². The van der Waals surface area contributed by atoms with Gasteiger partial charge in [0.25, 0.3) is 0 Å². The highest BCUT2D eigenvalue weighted by Gasteiger charge is 2.68. The zero-order valence-electron chi connectivity index (χ0n) is 12.4. The lowest BCUT2D eigenvalue weighted by Gasteiger charge is -2.32. The Hall–Kier alpha value is -0.860. The van der Waals surface area contributed by atoms with Gasteiger partial charge in [-0.05, 0) is 43.4 Å². The van der Waals surface area contributed by atoms with E-state index in [1.165, 1.54) is 6.42 Å². The lowest BCUT2D eigenvalue weighted by molar-refractivity contribution is -0.145. The predicted molar refractivity (Wildman–Crippen MR) is 73.5 cm³/mol. The molecule has 0 spiro atoms. The van der Waals surface area contributed by atoms with Crippen LogP contribution in [0.4, 0.5) is 0 Å². The Kier molecular flexibility index (Phi) is 2.81. The Morgan fingerprint density at radius 3 is 2.32 bits per heavy atom. The highest BCUT2D eigenvalue weighted by molar-refractivity contribution is 6.07. The molecule has 0 N–H and O–H groups in total. The molecule has 0 unspecified atom stereocenters. The fourth-order valence-electron chi connectivity index (χ4n) is 4.68. The van der Waals surface area contributed by atoms with Gasteiger partial charge >= 0.3 is 0 Å². The van der Waals surface area contributed by atoms with E-state index in [4.69, 9.17) is 0 Å². The number of Topliss-reactive ketones (excluding diaryl/α,β-unsaturated/α-hetero) is 1. The first kappa shape index (κ1) is 13.1. The van der Waals surface area contributed by atoms with E-state index in [1.54, 1.807) is 0 Å². The first-order valence-corrected chi connectivity index (χ1v) is 7.73. The largest absolute Gasteiger partial charge is 0.342 e. The van der Waals surface area contributed by atoms with Crippen LogP contribution >= 0.6 is 0 Å². The number of rotatable bonds is 1. The molecule has 3 nitrogen and oxygen atoms in total. The van der Waals surface area contributed by atoms with Crippen molar-refractivity contribution in [1.29, 1.82) is 0 Å². The smallest absolute Gasteiger partial charge is 0.233 e. The molecule has 19 heavy (non-hydrogen) atoms. The van der Waals surface area contributed by atoms with Gasteiger partial charge < -0.3 is 4.90 Å². The van der Waals surface area contributed by atoms with Gasteiger partial charge in [-0.25, -0.2) is 0 Å². The van der Waals surface area contributed by atoms with Gasteiger partial charge in [0.2, 0.25) is 5.91 Å². The van der Waals surface area contributed by atoms with Crippen molar-refractivity contribution in [3.05, 3.63) is 0 Å².